The highest BCUT2D eigenvalue weighted by atomic mass is 35.5. The number of urea groups is 1. The maximum atomic E-state index is 12.8. The Kier molecular flexibility index (Phi) is 4.50. The van der Waals surface area contributed by atoms with E-state index in [0.29, 0.717) is 10.6 Å². The van der Waals surface area contributed by atoms with Crippen LogP contribution < -0.4 is 10.2 Å². The van der Waals surface area contributed by atoms with Crippen molar-refractivity contribution in [3.05, 3.63) is 83.2 Å². The SMILES string of the molecule is O=C1NC(=O)N(c2cccc(Cl)c2)C(=O)/C1=C/c1cnn(-c2ccccc2)c1. The zero-order valence-corrected chi connectivity index (χ0v) is 15.1. The fourth-order valence-electron chi connectivity index (χ4n) is 2.81. The smallest absolute Gasteiger partial charge is 0.273 e. The summed E-state index contributed by atoms with van der Waals surface area (Å²) in [5.74, 6) is -1.50. The Morgan fingerprint density at radius 2 is 1.71 bits per heavy atom. The second-order valence-corrected chi connectivity index (χ2v) is 6.43. The minimum atomic E-state index is -0.825. The van der Waals surface area contributed by atoms with Gasteiger partial charge in [-0.3, -0.25) is 14.9 Å². The lowest BCUT2D eigenvalue weighted by atomic mass is 10.1. The molecule has 1 N–H and O–H groups in total. The van der Waals surface area contributed by atoms with Crippen LogP contribution in [0, 0.1) is 0 Å². The monoisotopic (exact) mass is 392 g/mol. The molecule has 0 atom stereocenters. The van der Waals surface area contributed by atoms with E-state index in [9.17, 15) is 14.4 Å². The van der Waals surface area contributed by atoms with Crippen molar-refractivity contribution in [1.29, 1.82) is 0 Å². The van der Waals surface area contributed by atoms with E-state index >= 15 is 0 Å². The van der Waals surface area contributed by atoms with E-state index in [1.165, 1.54) is 18.3 Å². The number of carbonyl (C=O) groups excluding carboxylic acids is 3. The van der Waals surface area contributed by atoms with Crippen molar-refractivity contribution in [2.45, 2.75) is 0 Å². The van der Waals surface area contributed by atoms with Crippen LogP contribution in [0.4, 0.5) is 10.5 Å². The summed E-state index contributed by atoms with van der Waals surface area (Å²) in [6.07, 6.45) is 4.61. The molecule has 7 nitrogen and oxygen atoms in total. The van der Waals surface area contributed by atoms with Crippen LogP contribution in [0.5, 0.6) is 0 Å². The standard InChI is InChI=1S/C20H13ClN4O3/c21-14-5-4-8-16(10-14)25-19(27)17(18(26)23-20(25)28)9-13-11-22-24(12-13)15-6-2-1-3-7-15/h1-12H,(H,23,26,28)/b17-9+. The lowest BCUT2D eigenvalue weighted by Gasteiger charge is -2.26. The number of hydrogen-bond acceptors (Lipinski definition) is 4. The van der Waals surface area contributed by atoms with Crippen LogP contribution in [0.3, 0.4) is 0 Å². The predicted octanol–water partition coefficient (Wildman–Crippen LogP) is 3.19. The number of nitrogens with one attached hydrogen (secondary N) is 1. The first-order chi connectivity index (χ1) is 13.5. The van der Waals surface area contributed by atoms with Gasteiger partial charge in [0.15, 0.2) is 0 Å². The van der Waals surface area contributed by atoms with Crippen LogP contribution in [-0.2, 0) is 9.59 Å². The van der Waals surface area contributed by atoms with Gasteiger partial charge in [-0.05, 0) is 36.4 Å². The lowest BCUT2D eigenvalue weighted by molar-refractivity contribution is -0.122. The highest BCUT2D eigenvalue weighted by Gasteiger charge is 2.36. The number of para-hydroxylation sites is 1. The summed E-state index contributed by atoms with van der Waals surface area (Å²) in [7, 11) is 0. The molecule has 1 saturated heterocycles. The Labute approximate surface area is 164 Å². The van der Waals surface area contributed by atoms with Crippen molar-refractivity contribution >= 4 is 41.2 Å². The van der Waals surface area contributed by atoms with Gasteiger partial charge in [-0.25, -0.2) is 14.4 Å². The van der Waals surface area contributed by atoms with Crippen molar-refractivity contribution < 1.29 is 14.4 Å². The number of anilines is 1. The first-order valence-corrected chi connectivity index (χ1v) is 8.68. The average Bonchev–Trinajstić information content (AvgIpc) is 3.14. The number of rotatable bonds is 3. The van der Waals surface area contributed by atoms with Crippen molar-refractivity contribution in [3.8, 4) is 5.69 Å². The van der Waals surface area contributed by atoms with E-state index in [2.05, 4.69) is 10.4 Å². The van der Waals surface area contributed by atoms with E-state index in [1.54, 1.807) is 29.1 Å². The minimum absolute atomic E-state index is 0.174. The first-order valence-electron chi connectivity index (χ1n) is 8.30. The highest BCUT2D eigenvalue weighted by molar-refractivity contribution is 6.39. The van der Waals surface area contributed by atoms with Gasteiger partial charge < -0.3 is 0 Å². The molecule has 0 aliphatic carbocycles. The van der Waals surface area contributed by atoms with Crippen LogP contribution in [0.15, 0.2) is 72.6 Å². The molecule has 0 saturated carbocycles. The molecule has 1 aliphatic heterocycles. The van der Waals surface area contributed by atoms with Gasteiger partial charge in [0.1, 0.15) is 5.57 Å². The molecule has 0 radical (unpaired) electrons. The quantitative estimate of drug-likeness (QED) is 0.548. The minimum Gasteiger partial charge on any atom is -0.273 e. The molecular formula is C20H13ClN4O3. The second kappa shape index (κ2) is 7.13. The number of nitrogens with zero attached hydrogens (tertiary/aromatic N) is 3. The normalized spacial score (nSPS) is 15.8. The number of imide groups is 2. The lowest BCUT2D eigenvalue weighted by Crippen LogP contribution is -2.54. The van der Waals surface area contributed by atoms with Crippen molar-refractivity contribution in [3.63, 3.8) is 0 Å². The molecule has 4 rings (SSSR count). The fourth-order valence-corrected chi connectivity index (χ4v) is 2.99. The van der Waals surface area contributed by atoms with E-state index in [-0.39, 0.29) is 11.3 Å². The molecular weight excluding hydrogens is 380 g/mol. The van der Waals surface area contributed by atoms with E-state index in [4.69, 9.17) is 11.6 Å². The molecule has 1 aromatic heterocycles. The number of halogens is 1. The Hall–Kier alpha value is -3.71. The Bertz CT molecular complexity index is 1120. The number of hydrogen-bond donors (Lipinski definition) is 1. The largest absolute Gasteiger partial charge is 0.335 e. The first kappa shape index (κ1) is 17.7. The summed E-state index contributed by atoms with van der Waals surface area (Å²) in [4.78, 5) is 38.2. The van der Waals surface area contributed by atoms with Gasteiger partial charge in [-0.1, -0.05) is 35.9 Å². The van der Waals surface area contributed by atoms with E-state index < -0.39 is 17.8 Å². The third-order valence-corrected chi connectivity index (χ3v) is 4.34. The summed E-state index contributed by atoms with van der Waals surface area (Å²) >= 11 is 5.95. The number of aromatic nitrogens is 2. The van der Waals surface area contributed by atoms with E-state index in [1.807, 2.05) is 30.3 Å². The van der Waals surface area contributed by atoms with Gasteiger partial charge in [0.25, 0.3) is 11.8 Å². The van der Waals surface area contributed by atoms with Crippen LogP contribution in [0.1, 0.15) is 5.56 Å². The number of amides is 4. The third-order valence-electron chi connectivity index (χ3n) is 4.10. The second-order valence-electron chi connectivity index (χ2n) is 5.99. The van der Waals surface area contributed by atoms with E-state index in [0.717, 1.165) is 10.6 Å². The molecule has 138 valence electrons. The Balaban J connectivity index is 1.69. The van der Waals surface area contributed by atoms with Crippen LogP contribution in [0.2, 0.25) is 5.02 Å². The molecule has 28 heavy (non-hydrogen) atoms. The number of benzene rings is 2. The van der Waals surface area contributed by atoms with Crippen molar-refractivity contribution in [2.24, 2.45) is 0 Å². The summed E-state index contributed by atoms with van der Waals surface area (Å²) in [5.41, 5.74) is 1.48. The number of barbiturate groups is 1. The Morgan fingerprint density at radius 1 is 0.964 bits per heavy atom. The molecule has 1 fully saturated rings. The summed E-state index contributed by atoms with van der Waals surface area (Å²) in [6.45, 7) is 0. The molecule has 1 aliphatic rings. The summed E-state index contributed by atoms with van der Waals surface area (Å²) < 4.78 is 1.62. The van der Waals surface area contributed by atoms with Crippen molar-refractivity contribution in [1.82, 2.24) is 15.1 Å². The maximum absolute atomic E-state index is 12.8. The van der Waals surface area contributed by atoms with Crippen LogP contribution >= 0.6 is 11.6 Å². The van der Waals surface area contributed by atoms with Crippen LogP contribution in [0.25, 0.3) is 11.8 Å². The summed E-state index contributed by atoms with van der Waals surface area (Å²) in [5, 5.41) is 6.78. The van der Waals surface area contributed by atoms with Crippen molar-refractivity contribution in [2.75, 3.05) is 4.90 Å². The Morgan fingerprint density at radius 3 is 2.46 bits per heavy atom. The maximum Gasteiger partial charge on any atom is 0.335 e. The van der Waals surface area contributed by atoms with Gasteiger partial charge in [0.05, 0.1) is 17.6 Å². The fraction of sp³-hybridized carbons (Fsp3) is 0. The highest BCUT2D eigenvalue weighted by Crippen LogP contribution is 2.24. The van der Waals surface area contributed by atoms with Gasteiger partial charge in [0, 0.05) is 16.8 Å². The third kappa shape index (κ3) is 3.30. The van der Waals surface area contributed by atoms with Gasteiger partial charge in [-0.15, -0.1) is 0 Å². The molecule has 0 spiro atoms. The molecule has 0 bridgehead atoms. The zero-order chi connectivity index (χ0) is 19.7. The van der Waals surface area contributed by atoms with Crippen LogP contribution in [-0.4, -0.2) is 27.6 Å². The average molecular weight is 393 g/mol. The van der Waals surface area contributed by atoms with Gasteiger partial charge >= 0.3 is 6.03 Å². The molecule has 4 amide bonds. The summed E-state index contributed by atoms with van der Waals surface area (Å²) in [6, 6.07) is 14.8. The predicted molar refractivity (Wildman–Crippen MR) is 104 cm³/mol. The topological polar surface area (TPSA) is 84.3 Å². The molecule has 0 unspecified atom stereocenters. The number of carbonyl (C=O) groups is 3. The molecule has 2 heterocycles. The van der Waals surface area contributed by atoms with Gasteiger partial charge in [0.2, 0.25) is 0 Å². The zero-order valence-electron chi connectivity index (χ0n) is 14.4. The molecule has 3 aromatic rings. The molecule has 8 heteroatoms. The van der Waals surface area contributed by atoms with Gasteiger partial charge in [-0.2, -0.15) is 5.10 Å². The molecule has 2 aromatic carbocycles.